The van der Waals surface area contributed by atoms with E-state index >= 15 is 0 Å². The highest BCUT2D eigenvalue weighted by Gasteiger charge is 2.14. The third-order valence-corrected chi connectivity index (χ3v) is 4.58. The molecule has 2 unspecified atom stereocenters. The summed E-state index contributed by atoms with van der Waals surface area (Å²) in [4.78, 5) is 8.66. The Kier molecular flexibility index (Phi) is 6.91. The molecule has 6 heteroatoms. The third kappa shape index (κ3) is 4.74. The zero-order valence-corrected chi connectivity index (χ0v) is 13.9. The van der Waals surface area contributed by atoms with Crippen molar-refractivity contribution in [3.8, 4) is 0 Å². The quantitative estimate of drug-likeness (QED) is 0.772. The molecule has 2 atom stereocenters. The van der Waals surface area contributed by atoms with E-state index in [2.05, 4.69) is 41.4 Å². The second-order valence-corrected chi connectivity index (χ2v) is 7.00. The Labute approximate surface area is 124 Å². The Morgan fingerprint density at radius 2 is 1.80 bits per heavy atom. The molecule has 0 aliphatic carbocycles. The monoisotopic (exact) mass is 298 g/mol. The number of anilines is 2. The molecule has 5 nitrogen and oxygen atoms in total. The Morgan fingerprint density at radius 3 is 2.30 bits per heavy atom. The molecular formula is C14H26N4OS. The topological polar surface area (TPSA) is 66.9 Å². The van der Waals surface area contributed by atoms with Crippen molar-refractivity contribution >= 4 is 22.4 Å². The van der Waals surface area contributed by atoms with Gasteiger partial charge in [0, 0.05) is 41.0 Å². The molecule has 0 aromatic carbocycles. The van der Waals surface area contributed by atoms with Gasteiger partial charge in [-0.3, -0.25) is 4.21 Å². The average molecular weight is 298 g/mol. The van der Waals surface area contributed by atoms with Crippen molar-refractivity contribution in [2.45, 2.75) is 45.3 Å². The lowest BCUT2D eigenvalue weighted by Gasteiger charge is -2.18. The number of nitrogens with zero attached hydrogens (tertiary/aromatic N) is 2. The molecule has 20 heavy (non-hydrogen) atoms. The third-order valence-electron chi connectivity index (χ3n) is 3.22. The second kappa shape index (κ2) is 8.19. The molecule has 0 spiro atoms. The van der Waals surface area contributed by atoms with Gasteiger partial charge >= 0.3 is 0 Å². The molecule has 1 heterocycles. The van der Waals surface area contributed by atoms with Gasteiger partial charge < -0.3 is 10.6 Å². The van der Waals surface area contributed by atoms with E-state index in [9.17, 15) is 4.21 Å². The fourth-order valence-electron chi connectivity index (χ4n) is 1.95. The summed E-state index contributed by atoms with van der Waals surface area (Å²) in [7, 11) is -0.775. The Morgan fingerprint density at radius 1 is 1.20 bits per heavy atom. The van der Waals surface area contributed by atoms with E-state index in [0.29, 0.717) is 5.92 Å². The molecule has 0 amide bonds. The van der Waals surface area contributed by atoms with Crippen molar-refractivity contribution in [1.29, 1.82) is 0 Å². The van der Waals surface area contributed by atoms with Crippen molar-refractivity contribution in [1.82, 2.24) is 9.97 Å². The van der Waals surface area contributed by atoms with E-state index < -0.39 is 10.8 Å². The standard InChI is InChI=1S/C14H26N4OS/c1-6-15-13-12(10(2)3)14(18-9-17-13)16-8-7-11(4)20(5)19/h9-11H,6-8H2,1-5H3,(H2,15,16,17,18). The predicted octanol–water partition coefficient (Wildman–Crippen LogP) is 2.60. The van der Waals surface area contributed by atoms with Crippen LogP contribution in [0.5, 0.6) is 0 Å². The first-order chi connectivity index (χ1) is 9.47. The van der Waals surface area contributed by atoms with Crippen LogP contribution in [0.4, 0.5) is 11.6 Å². The van der Waals surface area contributed by atoms with Crippen molar-refractivity contribution in [3.63, 3.8) is 0 Å². The van der Waals surface area contributed by atoms with Gasteiger partial charge in [-0.25, -0.2) is 9.97 Å². The van der Waals surface area contributed by atoms with Crippen LogP contribution in [0.1, 0.15) is 45.6 Å². The van der Waals surface area contributed by atoms with Gasteiger partial charge in [0.05, 0.1) is 0 Å². The van der Waals surface area contributed by atoms with Crippen LogP contribution in [0.15, 0.2) is 6.33 Å². The maximum absolute atomic E-state index is 11.3. The molecule has 114 valence electrons. The molecule has 0 saturated heterocycles. The van der Waals surface area contributed by atoms with E-state index in [0.717, 1.165) is 36.7 Å². The summed E-state index contributed by atoms with van der Waals surface area (Å²) in [5, 5.41) is 6.82. The lowest BCUT2D eigenvalue weighted by Crippen LogP contribution is -2.17. The largest absolute Gasteiger partial charge is 0.370 e. The van der Waals surface area contributed by atoms with Crippen LogP contribution in [-0.2, 0) is 10.8 Å². The van der Waals surface area contributed by atoms with Gasteiger partial charge in [0.25, 0.3) is 0 Å². The number of aromatic nitrogens is 2. The molecule has 1 aromatic rings. The minimum atomic E-state index is -0.775. The lowest BCUT2D eigenvalue weighted by atomic mass is 10.0. The number of hydrogen-bond donors (Lipinski definition) is 2. The molecule has 0 aliphatic heterocycles. The maximum Gasteiger partial charge on any atom is 0.134 e. The van der Waals surface area contributed by atoms with Gasteiger partial charge in [-0.1, -0.05) is 20.8 Å². The fraction of sp³-hybridized carbons (Fsp3) is 0.714. The summed E-state index contributed by atoms with van der Waals surface area (Å²) >= 11 is 0. The zero-order chi connectivity index (χ0) is 15.1. The zero-order valence-electron chi connectivity index (χ0n) is 13.1. The van der Waals surface area contributed by atoms with Crippen molar-refractivity contribution in [2.24, 2.45) is 0 Å². The summed E-state index contributed by atoms with van der Waals surface area (Å²) in [6, 6.07) is 0. The molecule has 2 N–H and O–H groups in total. The van der Waals surface area contributed by atoms with Crippen LogP contribution in [0.3, 0.4) is 0 Å². The van der Waals surface area contributed by atoms with Crippen LogP contribution >= 0.6 is 0 Å². The molecule has 0 saturated carbocycles. The molecule has 0 radical (unpaired) electrons. The molecule has 0 bridgehead atoms. The average Bonchev–Trinajstić information content (AvgIpc) is 2.38. The van der Waals surface area contributed by atoms with Gasteiger partial charge in [-0.2, -0.15) is 0 Å². The van der Waals surface area contributed by atoms with E-state index in [4.69, 9.17) is 0 Å². The molecule has 1 rings (SSSR count). The molecular weight excluding hydrogens is 272 g/mol. The van der Waals surface area contributed by atoms with E-state index in [-0.39, 0.29) is 5.25 Å². The van der Waals surface area contributed by atoms with Gasteiger partial charge in [-0.15, -0.1) is 0 Å². The van der Waals surface area contributed by atoms with Crippen molar-refractivity contribution in [3.05, 3.63) is 11.9 Å². The minimum absolute atomic E-state index is 0.195. The van der Waals surface area contributed by atoms with Crippen LogP contribution < -0.4 is 10.6 Å². The highest BCUT2D eigenvalue weighted by Crippen LogP contribution is 2.28. The summed E-state index contributed by atoms with van der Waals surface area (Å²) in [6.45, 7) is 9.93. The first-order valence-corrected chi connectivity index (χ1v) is 8.74. The van der Waals surface area contributed by atoms with Crippen LogP contribution in [0.25, 0.3) is 0 Å². The predicted molar refractivity (Wildman–Crippen MR) is 86.9 cm³/mol. The SMILES string of the molecule is CCNc1ncnc(NCCC(C)S(C)=O)c1C(C)C. The first kappa shape index (κ1) is 16.9. The summed E-state index contributed by atoms with van der Waals surface area (Å²) in [5.74, 6) is 2.11. The summed E-state index contributed by atoms with van der Waals surface area (Å²) in [6.07, 6.45) is 4.19. The van der Waals surface area contributed by atoms with Crippen LogP contribution in [0.2, 0.25) is 0 Å². The fourth-order valence-corrected chi connectivity index (χ4v) is 2.40. The van der Waals surface area contributed by atoms with E-state index in [1.165, 1.54) is 0 Å². The molecule has 0 fully saturated rings. The Balaban J connectivity index is 2.78. The van der Waals surface area contributed by atoms with Gasteiger partial charge in [-0.05, 0) is 19.3 Å². The Hall–Kier alpha value is -1.17. The summed E-state index contributed by atoms with van der Waals surface area (Å²) < 4.78 is 11.3. The first-order valence-electron chi connectivity index (χ1n) is 7.12. The van der Waals surface area contributed by atoms with Crippen LogP contribution in [0, 0.1) is 0 Å². The number of nitrogens with one attached hydrogen (secondary N) is 2. The normalized spacial score (nSPS) is 14.1. The van der Waals surface area contributed by atoms with Crippen LogP contribution in [-0.4, -0.2) is 38.8 Å². The van der Waals surface area contributed by atoms with E-state index in [1.807, 2.05) is 6.92 Å². The van der Waals surface area contributed by atoms with Gasteiger partial charge in [0.2, 0.25) is 0 Å². The molecule has 1 aromatic heterocycles. The number of rotatable bonds is 8. The highest BCUT2D eigenvalue weighted by molar-refractivity contribution is 7.84. The summed E-state index contributed by atoms with van der Waals surface area (Å²) in [5.41, 5.74) is 1.11. The van der Waals surface area contributed by atoms with Crippen molar-refractivity contribution in [2.75, 3.05) is 30.0 Å². The molecule has 0 aliphatic rings. The highest BCUT2D eigenvalue weighted by atomic mass is 32.2. The maximum atomic E-state index is 11.3. The second-order valence-electron chi connectivity index (χ2n) is 5.19. The minimum Gasteiger partial charge on any atom is -0.370 e. The van der Waals surface area contributed by atoms with E-state index in [1.54, 1.807) is 12.6 Å². The lowest BCUT2D eigenvalue weighted by molar-refractivity contribution is 0.672. The number of hydrogen-bond acceptors (Lipinski definition) is 5. The van der Waals surface area contributed by atoms with Crippen molar-refractivity contribution < 1.29 is 4.21 Å². The van der Waals surface area contributed by atoms with Gasteiger partial charge in [0.1, 0.15) is 18.0 Å². The Bertz CT molecular complexity index is 451. The van der Waals surface area contributed by atoms with Gasteiger partial charge in [0.15, 0.2) is 0 Å². The smallest absolute Gasteiger partial charge is 0.134 e.